The zero-order valence-electron chi connectivity index (χ0n) is 10.3. The van der Waals surface area contributed by atoms with Crippen molar-refractivity contribution in [3.8, 4) is 0 Å². The minimum Gasteiger partial charge on any atom is -0.462 e. The summed E-state index contributed by atoms with van der Waals surface area (Å²) in [5, 5.41) is 9.39. The topological polar surface area (TPSA) is 72.5 Å². The molecule has 0 bridgehead atoms. The highest BCUT2D eigenvalue weighted by Gasteiger charge is 2.19. The number of aliphatic hydroxyl groups is 1. The molecule has 0 saturated heterocycles. The van der Waals surface area contributed by atoms with Gasteiger partial charge in [0.2, 0.25) is 0 Å². The summed E-state index contributed by atoms with van der Waals surface area (Å²) >= 11 is 7.41. The Morgan fingerprint density at radius 1 is 1.61 bits per heavy atom. The maximum atomic E-state index is 11.8. The summed E-state index contributed by atoms with van der Waals surface area (Å²) in [6.45, 7) is 3.85. The summed E-state index contributed by atoms with van der Waals surface area (Å²) in [5.41, 5.74) is 6.42. The lowest BCUT2D eigenvalue weighted by Crippen LogP contribution is -2.10. The van der Waals surface area contributed by atoms with Crippen LogP contribution in [-0.4, -0.2) is 29.5 Å². The SMILES string of the molecule is CCOC(=O)c1cc(N)cc(Cl)c1SC(C)CO. The quantitative estimate of drug-likeness (QED) is 0.495. The smallest absolute Gasteiger partial charge is 0.339 e. The first-order valence-corrected chi connectivity index (χ1v) is 6.79. The fraction of sp³-hybridized carbons (Fsp3) is 0.417. The van der Waals surface area contributed by atoms with Crippen LogP contribution in [-0.2, 0) is 4.74 Å². The first-order chi connectivity index (χ1) is 8.49. The van der Waals surface area contributed by atoms with E-state index >= 15 is 0 Å². The van der Waals surface area contributed by atoms with E-state index in [1.807, 2.05) is 6.92 Å². The van der Waals surface area contributed by atoms with Crippen LogP contribution >= 0.6 is 23.4 Å². The summed E-state index contributed by atoms with van der Waals surface area (Å²) in [6, 6.07) is 3.12. The van der Waals surface area contributed by atoms with Crippen LogP contribution < -0.4 is 5.73 Å². The first-order valence-electron chi connectivity index (χ1n) is 5.53. The van der Waals surface area contributed by atoms with Crippen molar-refractivity contribution in [2.24, 2.45) is 0 Å². The highest BCUT2D eigenvalue weighted by molar-refractivity contribution is 8.00. The molecule has 0 amide bonds. The predicted octanol–water partition coefficient (Wildman–Crippen LogP) is 2.57. The molecule has 1 aromatic carbocycles. The molecule has 1 aromatic rings. The molecule has 6 heteroatoms. The monoisotopic (exact) mass is 289 g/mol. The van der Waals surface area contributed by atoms with E-state index in [9.17, 15) is 4.79 Å². The number of aliphatic hydroxyl groups excluding tert-OH is 1. The van der Waals surface area contributed by atoms with Crippen molar-refractivity contribution in [1.82, 2.24) is 0 Å². The van der Waals surface area contributed by atoms with Crippen LogP contribution in [0, 0.1) is 0 Å². The van der Waals surface area contributed by atoms with Crippen LogP contribution in [0.3, 0.4) is 0 Å². The lowest BCUT2D eigenvalue weighted by Gasteiger charge is -2.14. The van der Waals surface area contributed by atoms with Crippen molar-refractivity contribution >= 4 is 35.0 Å². The average molecular weight is 290 g/mol. The number of carbonyl (C=O) groups excluding carboxylic acids is 1. The molecule has 1 unspecified atom stereocenters. The molecule has 0 aliphatic carbocycles. The van der Waals surface area contributed by atoms with Gasteiger partial charge >= 0.3 is 5.97 Å². The van der Waals surface area contributed by atoms with E-state index in [-0.39, 0.29) is 18.5 Å². The molecule has 0 heterocycles. The number of thioether (sulfide) groups is 1. The van der Waals surface area contributed by atoms with E-state index in [1.165, 1.54) is 17.8 Å². The van der Waals surface area contributed by atoms with Crippen LogP contribution in [0.5, 0.6) is 0 Å². The Labute approximate surface area is 115 Å². The Morgan fingerprint density at radius 3 is 2.83 bits per heavy atom. The summed E-state index contributed by atoms with van der Waals surface area (Å²) in [6.07, 6.45) is 0. The number of ether oxygens (including phenoxy) is 1. The molecule has 4 nitrogen and oxygen atoms in total. The fourth-order valence-corrected chi connectivity index (χ4v) is 2.61. The molecule has 1 atom stereocenters. The van der Waals surface area contributed by atoms with E-state index in [0.717, 1.165) is 0 Å². The molecular weight excluding hydrogens is 274 g/mol. The van der Waals surface area contributed by atoms with Crippen molar-refractivity contribution in [2.45, 2.75) is 24.0 Å². The number of esters is 1. The molecule has 1 rings (SSSR count). The van der Waals surface area contributed by atoms with Crippen LogP contribution in [0.4, 0.5) is 5.69 Å². The van der Waals surface area contributed by atoms with Gasteiger partial charge in [-0.15, -0.1) is 11.8 Å². The molecule has 100 valence electrons. The molecule has 18 heavy (non-hydrogen) atoms. The van der Waals surface area contributed by atoms with Gasteiger partial charge in [0.15, 0.2) is 0 Å². The van der Waals surface area contributed by atoms with Gasteiger partial charge in [0.05, 0.1) is 23.8 Å². The molecular formula is C12H16ClNO3S. The molecule has 0 aliphatic rings. The second-order valence-corrected chi connectivity index (χ2v) is 5.57. The number of hydrogen-bond acceptors (Lipinski definition) is 5. The number of hydrogen-bond donors (Lipinski definition) is 2. The van der Waals surface area contributed by atoms with Gasteiger partial charge in [0, 0.05) is 15.8 Å². The zero-order chi connectivity index (χ0) is 13.7. The number of carbonyl (C=O) groups is 1. The zero-order valence-corrected chi connectivity index (χ0v) is 11.8. The van der Waals surface area contributed by atoms with Crippen molar-refractivity contribution in [3.05, 3.63) is 22.7 Å². The molecule has 3 N–H and O–H groups in total. The lowest BCUT2D eigenvalue weighted by molar-refractivity contribution is 0.0522. The van der Waals surface area contributed by atoms with Gasteiger partial charge < -0.3 is 15.6 Å². The van der Waals surface area contributed by atoms with E-state index in [4.69, 9.17) is 27.2 Å². The highest BCUT2D eigenvalue weighted by Crippen LogP contribution is 2.35. The van der Waals surface area contributed by atoms with E-state index < -0.39 is 5.97 Å². The number of halogens is 1. The first kappa shape index (κ1) is 15.1. The molecule has 0 fully saturated rings. The average Bonchev–Trinajstić information content (AvgIpc) is 2.32. The minimum absolute atomic E-state index is 0.00631. The summed E-state index contributed by atoms with van der Waals surface area (Å²) in [7, 11) is 0. The Balaban J connectivity index is 3.16. The Kier molecular flexibility index (Phi) is 5.78. The molecule has 0 radical (unpaired) electrons. The highest BCUT2D eigenvalue weighted by atomic mass is 35.5. The predicted molar refractivity (Wildman–Crippen MR) is 74.2 cm³/mol. The van der Waals surface area contributed by atoms with Crippen molar-refractivity contribution in [2.75, 3.05) is 18.9 Å². The van der Waals surface area contributed by atoms with Gasteiger partial charge in [-0.05, 0) is 19.1 Å². The maximum Gasteiger partial charge on any atom is 0.339 e. The second kappa shape index (κ2) is 6.87. The van der Waals surface area contributed by atoms with E-state index in [1.54, 1.807) is 13.0 Å². The van der Waals surface area contributed by atoms with Gasteiger partial charge in [-0.1, -0.05) is 18.5 Å². The van der Waals surface area contributed by atoms with Gasteiger partial charge in [0.1, 0.15) is 0 Å². The van der Waals surface area contributed by atoms with E-state index in [0.29, 0.717) is 21.2 Å². The molecule has 0 saturated carbocycles. The Bertz CT molecular complexity index is 440. The number of benzene rings is 1. The van der Waals surface area contributed by atoms with Gasteiger partial charge in [-0.3, -0.25) is 0 Å². The summed E-state index contributed by atoms with van der Waals surface area (Å²) in [5.74, 6) is -0.459. The van der Waals surface area contributed by atoms with Crippen LogP contribution in [0.1, 0.15) is 24.2 Å². The lowest BCUT2D eigenvalue weighted by atomic mass is 10.2. The van der Waals surface area contributed by atoms with Crippen LogP contribution in [0.2, 0.25) is 5.02 Å². The van der Waals surface area contributed by atoms with Crippen molar-refractivity contribution in [1.29, 1.82) is 0 Å². The van der Waals surface area contributed by atoms with Crippen LogP contribution in [0.15, 0.2) is 17.0 Å². The summed E-state index contributed by atoms with van der Waals surface area (Å²) in [4.78, 5) is 12.4. The fourth-order valence-electron chi connectivity index (χ4n) is 1.33. The van der Waals surface area contributed by atoms with Crippen molar-refractivity contribution < 1.29 is 14.6 Å². The third-order valence-corrected chi connectivity index (χ3v) is 3.77. The molecule has 0 aromatic heterocycles. The third kappa shape index (κ3) is 3.80. The number of nitrogens with two attached hydrogens (primary N) is 1. The Hall–Kier alpha value is -0.910. The number of rotatable bonds is 5. The normalized spacial score (nSPS) is 12.2. The van der Waals surface area contributed by atoms with E-state index in [2.05, 4.69) is 0 Å². The minimum atomic E-state index is -0.459. The molecule has 0 aliphatic heterocycles. The maximum absolute atomic E-state index is 11.8. The standard InChI is InChI=1S/C12H16ClNO3S/c1-3-17-12(16)9-4-8(14)5-10(13)11(9)18-7(2)6-15/h4-5,7,15H,3,6,14H2,1-2H3. The van der Waals surface area contributed by atoms with Crippen molar-refractivity contribution in [3.63, 3.8) is 0 Å². The molecule has 0 spiro atoms. The van der Waals surface area contributed by atoms with Gasteiger partial charge in [-0.2, -0.15) is 0 Å². The summed E-state index contributed by atoms with van der Waals surface area (Å²) < 4.78 is 4.96. The Morgan fingerprint density at radius 2 is 2.28 bits per heavy atom. The number of anilines is 1. The largest absolute Gasteiger partial charge is 0.462 e. The second-order valence-electron chi connectivity index (χ2n) is 3.71. The van der Waals surface area contributed by atoms with Gasteiger partial charge in [0.25, 0.3) is 0 Å². The third-order valence-electron chi connectivity index (χ3n) is 2.14. The number of nitrogen functional groups attached to an aromatic ring is 1. The van der Waals surface area contributed by atoms with Crippen LogP contribution in [0.25, 0.3) is 0 Å². The van der Waals surface area contributed by atoms with Gasteiger partial charge in [-0.25, -0.2) is 4.79 Å².